The maximum absolute atomic E-state index is 12.6. The van der Waals surface area contributed by atoms with Gasteiger partial charge in [0.2, 0.25) is 5.17 Å². The Labute approximate surface area is 174 Å². The summed E-state index contributed by atoms with van der Waals surface area (Å²) in [5, 5.41) is 15.8. The molecule has 0 atom stereocenters. The summed E-state index contributed by atoms with van der Waals surface area (Å²) >= 11 is 1.38. The second kappa shape index (κ2) is 7.48. The van der Waals surface area contributed by atoms with Crippen LogP contribution < -0.4 is 0 Å². The summed E-state index contributed by atoms with van der Waals surface area (Å²) in [5.74, 6) is -0.304. The Hall–Kier alpha value is -2.93. The second-order valence-electron chi connectivity index (χ2n) is 7.21. The van der Waals surface area contributed by atoms with E-state index in [1.54, 1.807) is 6.08 Å². The van der Waals surface area contributed by atoms with Crippen molar-refractivity contribution in [2.24, 2.45) is 10.1 Å². The van der Waals surface area contributed by atoms with Crippen LogP contribution in [0.5, 0.6) is 0 Å². The molecule has 2 aromatic rings. The molecule has 0 spiro atoms. The van der Waals surface area contributed by atoms with Crippen LogP contribution in [0.4, 0.5) is 0 Å². The van der Waals surface area contributed by atoms with E-state index in [4.69, 9.17) is 5.41 Å². The van der Waals surface area contributed by atoms with E-state index in [1.807, 2.05) is 32.0 Å². The van der Waals surface area contributed by atoms with Crippen LogP contribution in [0.25, 0.3) is 11.8 Å². The first-order chi connectivity index (χ1) is 13.9. The smallest absolute Gasteiger partial charge is 0.283 e. The van der Waals surface area contributed by atoms with Crippen LogP contribution in [-0.4, -0.2) is 31.5 Å². The first kappa shape index (κ1) is 19.4. The zero-order valence-electron chi connectivity index (χ0n) is 17.0. The minimum atomic E-state index is -0.387. The van der Waals surface area contributed by atoms with Gasteiger partial charge < -0.3 is 4.57 Å². The fraction of sp³-hybridized carbons (Fsp3) is 0.273. The lowest BCUT2D eigenvalue weighted by Gasteiger charge is -2.20. The first-order valence-electron chi connectivity index (χ1n) is 9.64. The zero-order valence-corrected chi connectivity index (χ0v) is 17.8. The van der Waals surface area contributed by atoms with E-state index in [0.29, 0.717) is 5.17 Å². The van der Waals surface area contributed by atoms with Crippen LogP contribution in [0, 0.1) is 26.2 Å². The quantitative estimate of drug-likeness (QED) is 0.741. The Kier molecular flexibility index (Phi) is 5.00. The maximum Gasteiger partial charge on any atom is 0.283 e. The normalized spacial score (nSPS) is 17.7. The number of amides is 1. The molecule has 2 aliphatic heterocycles. The number of nitrogens with zero attached hydrogens (tertiary/aromatic N) is 4. The third-order valence-corrected chi connectivity index (χ3v) is 6.05. The lowest BCUT2D eigenvalue weighted by atomic mass is 10.1. The molecule has 6 nitrogen and oxygen atoms in total. The van der Waals surface area contributed by atoms with Gasteiger partial charge in [-0.3, -0.25) is 10.2 Å². The van der Waals surface area contributed by atoms with Gasteiger partial charge in [-0.1, -0.05) is 25.1 Å². The van der Waals surface area contributed by atoms with E-state index < -0.39 is 0 Å². The molecule has 1 aromatic carbocycles. The molecule has 4 rings (SSSR count). The third kappa shape index (κ3) is 3.35. The SMILES string of the molecule is CCCC1=NN2C(=N)C(=Cc3cc(C)n(-c4ccccc4C)c3C)C(=O)N=C2S1. The molecule has 0 unspecified atom stereocenters. The number of hydrogen-bond acceptors (Lipinski definition) is 4. The zero-order chi connectivity index (χ0) is 20.7. The van der Waals surface area contributed by atoms with Gasteiger partial charge in [-0.05, 0) is 74.7 Å². The van der Waals surface area contributed by atoms with E-state index in [9.17, 15) is 4.79 Å². The van der Waals surface area contributed by atoms with Crippen molar-refractivity contribution in [3.05, 3.63) is 58.4 Å². The Bertz CT molecular complexity index is 1120. The minimum absolute atomic E-state index is 0.0827. The Morgan fingerprint density at radius 2 is 1.97 bits per heavy atom. The number of aliphatic imine (C=N–C) groups is 1. The van der Waals surface area contributed by atoms with Crippen molar-refractivity contribution in [3.63, 3.8) is 0 Å². The van der Waals surface area contributed by atoms with Gasteiger partial charge in [0.15, 0.2) is 5.84 Å². The molecule has 0 saturated carbocycles. The standard InChI is InChI=1S/C22H23N5OS/c1-5-8-19-25-27-20(23)17(21(28)24-22(27)29-19)12-16-11-14(3)26(15(16)4)18-10-7-6-9-13(18)2/h6-7,9-12,23H,5,8H2,1-4H3. The number of amidine groups is 2. The molecular weight excluding hydrogens is 382 g/mol. The Morgan fingerprint density at radius 3 is 2.69 bits per heavy atom. The Balaban J connectivity index is 1.74. The first-order valence-corrected chi connectivity index (χ1v) is 10.5. The summed E-state index contributed by atoms with van der Waals surface area (Å²) in [6.07, 6.45) is 3.54. The van der Waals surface area contributed by atoms with Crippen molar-refractivity contribution in [1.82, 2.24) is 9.58 Å². The summed E-state index contributed by atoms with van der Waals surface area (Å²) < 4.78 is 2.18. The van der Waals surface area contributed by atoms with Crippen LogP contribution in [0.1, 0.15) is 42.3 Å². The number of carbonyl (C=O) groups excluding carboxylic acids is 1. The number of thioether (sulfide) groups is 1. The van der Waals surface area contributed by atoms with E-state index in [0.717, 1.165) is 40.5 Å². The number of carbonyl (C=O) groups is 1. The van der Waals surface area contributed by atoms with Crippen molar-refractivity contribution in [2.45, 2.75) is 40.5 Å². The average Bonchev–Trinajstić information content (AvgIpc) is 3.20. The number of fused-ring (bicyclic) bond motifs is 1. The number of aryl methyl sites for hydroxylation is 2. The van der Waals surface area contributed by atoms with Gasteiger partial charge >= 0.3 is 0 Å². The van der Waals surface area contributed by atoms with Crippen LogP contribution in [0.3, 0.4) is 0 Å². The predicted octanol–water partition coefficient (Wildman–Crippen LogP) is 4.82. The van der Waals surface area contributed by atoms with Crippen molar-refractivity contribution in [1.29, 1.82) is 5.41 Å². The van der Waals surface area contributed by atoms with Gasteiger partial charge in [0.1, 0.15) is 5.04 Å². The van der Waals surface area contributed by atoms with Crippen LogP contribution in [0.15, 0.2) is 46.0 Å². The highest BCUT2D eigenvalue weighted by molar-refractivity contribution is 8.26. The highest BCUT2D eigenvalue weighted by Crippen LogP contribution is 2.31. The van der Waals surface area contributed by atoms with E-state index in [2.05, 4.69) is 40.6 Å². The van der Waals surface area contributed by atoms with Gasteiger partial charge in [-0.25, -0.2) is 0 Å². The lowest BCUT2D eigenvalue weighted by Crippen LogP contribution is -2.35. The number of nitrogens with one attached hydrogen (secondary N) is 1. The minimum Gasteiger partial charge on any atom is -0.318 e. The summed E-state index contributed by atoms with van der Waals surface area (Å²) in [5.41, 5.74) is 5.55. The molecule has 1 aromatic heterocycles. The predicted molar refractivity (Wildman–Crippen MR) is 120 cm³/mol. The molecular formula is C22H23N5OS. The maximum atomic E-state index is 12.6. The van der Waals surface area contributed by atoms with Crippen LogP contribution >= 0.6 is 11.8 Å². The topological polar surface area (TPSA) is 73.8 Å². The number of rotatable bonds is 4. The molecule has 0 bridgehead atoms. The van der Waals surface area contributed by atoms with Gasteiger partial charge in [0.05, 0.1) is 5.57 Å². The van der Waals surface area contributed by atoms with E-state index in [-0.39, 0.29) is 17.3 Å². The molecule has 1 N–H and O–H groups in total. The van der Waals surface area contributed by atoms with Gasteiger partial charge in [0.25, 0.3) is 5.91 Å². The third-order valence-electron chi connectivity index (χ3n) is 5.09. The van der Waals surface area contributed by atoms with Gasteiger partial charge in [-0.15, -0.1) is 0 Å². The largest absolute Gasteiger partial charge is 0.318 e. The number of benzene rings is 1. The molecule has 3 heterocycles. The summed E-state index contributed by atoms with van der Waals surface area (Å²) in [4.78, 5) is 16.8. The number of hydrogen-bond donors (Lipinski definition) is 1. The number of aromatic nitrogens is 1. The molecule has 0 fully saturated rings. The Morgan fingerprint density at radius 1 is 1.21 bits per heavy atom. The molecule has 0 radical (unpaired) electrons. The van der Waals surface area contributed by atoms with Crippen molar-refractivity contribution < 1.29 is 4.79 Å². The van der Waals surface area contributed by atoms with Crippen molar-refractivity contribution in [3.8, 4) is 5.69 Å². The highest BCUT2D eigenvalue weighted by atomic mass is 32.2. The molecule has 148 valence electrons. The molecule has 0 aliphatic carbocycles. The highest BCUT2D eigenvalue weighted by Gasteiger charge is 2.35. The summed E-state index contributed by atoms with van der Waals surface area (Å²) in [7, 11) is 0. The molecule has 0 saturated heterocycles. The number of hydrazone groups is 1. The fourth-order valence-electron chi connectivity index (χ4n) is 3.62. The van der Waals surface area contributed by atoms with Crippen LogP contribution in [0.2, 0.25) is 0 Å². The van der Waals surface area contributed by atoms with E-state index in [1.165, 1.54) is 22.3 Å². The van der Waals surface area contributed by atoms with Gasteiger partial charge in [0, 0.05) is 17.1 Å². The van der Waals surface area contributed by atoms with Gasteiger partial charge in [-0.2, -0.15) is 15.1 Å². The number of para-hydroxylation sites is 1. The fourth-order valence-corrected chi connectivity index (χ4v) is 4.61. The second-order valence-corrected chi connectivity index (χ2v) is 8.25. The summed E-state index contributed by atoms with van der Waals surface area (Å²) in [6.45, 7) is 8.24. The monoisotopic (exact) mass is 405 g/mol. The molecule has 2 aliphatic rings. The molecule has 7 heteroatoms. The molecule has 29 heavy (non-hydrogen) atoms. The van der Waals surface area contributed by atoms with Crippen molar-refractivity contribution in [2.75, 3.05) is 0 Å². The lowest BCUT2D eigenvalue weighted by molar-refractivity contribution is -0.114. The average molecular weight is 406 g/mol. The van der Waals surface area contributed by atoms with Crippen LogP contribution in [-0.2, 0) is 4.79 Å². The van der Waals surface area contributed by atoms with Crippen molar-refractivity contribution >= 4 is 39.8 Å². The molecule has 1 amide bonds. The van der Waals surface area contributed by atoms with E-state index >= 15 is 0 Å². The summed E-state index contributed by atoms with van der Waals surface area (Å²) in [6, 6.07) is 10.3.